The van der Waals surface area contributed by atoms with Crippen LogP contribution in [0, 0.1) is 20.8 Å². The van der Waals surface area contributed by atoms with Crippen LogP contribution in [-0.4, -0.2) is 12.6 Å². The molecule has 0 aromatic heterocycles. The standard InChI is InChI=1S/C17H16BrClO3/c1-10-6-13(4-5-15(10)18)22-16(20)9-21-14-7-11(2)17(19)12(3)8-14/h4-8H,9H2,1-3H3. The number of hydrogen-bond donors (Lipinski definition) is 0. The van der Waals surface area contributed by atoms with E-state index in [-0.39, 0.29) is 6.61 Å². The summed E-state index contributed by atoms with van der Waals surface area (Å²) in [4.78, 5) is 11.8. The third kappa shape index (κ3) is 4.24. The molecule has 0 atom stereocenters. The SMILES string of the molecule is Cc1cc(OC(=O)COc2cc(C)c(Cl)c(C)c2)ccc1Br. The van der Waals surface area contributed by atoms with E-state index in [4.69, 9.17) is 21.1 Å². The third-order valence-corrected chi connectivity index (χ3v) is 4.61. The topological polar surface area (TPSA) is 35.5 Å². The van der Waals surface area contributed by atoms with Crippen LogP contribution in [0.15, 0.2) is 34.8 Å². The number of rotatable bonds is 4. The molecular weight excluding hydrogens is 368 g/mol. The molecule has 0 radical (unpaired) electrons. The van der Waals surface area contributed by atoms with Gasteiger partial charge >= 0.3 is 5.97 Å². The fourth-order valence-corrected chi connectivity index (χ4v) is 2.33. The lowest BCUT2D eigenvalue weighted by atomic mass is 10.1. The zero-order valence-electron chi connectivity index (χ0n) is 12.6. The van der Waals surface area contributed by atoms with Gasteiger partial charge in [-0.3, -0.25) is 0 Å². The monoisotopic (exact) mass is 382 g/mol. The van der Waals surface area contributed by atoms with E-state index in [0.29, 0.717) is 16.5 Å². The number of hydrogen-bond acceptors (Lipinski definition) is 3. The van der Waals surface area contributed by atoms with E-state index in [1.165, 1.54) is 0 Å². The van der Waals surface area contributed by atoms with E-state index >= 15 is 0 Å². The summed E-state index contributed by atoms with van der Waals surface area (Å²) in [6.45, 7) is 5.56. The summed E-state index contributed by atoms with van der Waals surface area (Å²) < 4.78 is 11.7. The highest BCUT2D eigenvalue weighted by Crippen LogP contribution is 2.26. The van der Waals surface area contributed by atoms with Gasteiger partial charge in [0.1, 0.15) is 11.5 Å². The van der Waals surface area contributed by atoms with Crippen LogP contribution < -0.4 is 9.47 Å². The van der Waals surface area contributed by atoms with E-state index in [0.717, 1.165) is 21.2 Å². The summed E-state index contributed by atoms with van der Waals surface area (Å²) >= 11 is 9.50. The van der Waals surface area contributed by atoms with Gasteiger partial charge in [-0.05, 0) is 67.8 Å². The average Bonchev–Trinajstić information content (AvgIpc) is 2.46. The number of ether oxygens (including phenoxy) is 2. The van der Waals surface area contributed by atoms with Crippen molar-refractivity contribution in [3.63, 3.8) is 0 Å². The first-order chi connectivity index (χ1) is 10.4. The minimum absolute atomic E-state index is 0.157. The number of carbonyl (C=O) groups is 1. The first kappa shape index (κ1) is 16.8. The second-order valence-electron chi connectivity index (χ2n) is 5.04. The molecule has 0 bridgehead atoms. The van der Waals surface area contributed by atoms with E-state index < -0.39 is 5.97 Å². The number of aryl methyl sites for hydroxylation is 3. The molecule has 0 aliphatic carbocycles. The summed E-state index contributed by atoms with van der Waals surface area (Å²) in [5, 5.41) is 0.709. The van der Waals surface area contributed by atoms with Crippen molar-refractivity contribution in [2.75, 3.05) is 6.61 Å². The Labute approximate surface area is 143 Å². The molecule has 0 unspecified atom stereocenters. The molecule has 5 heteroatoms. The number of benzene rings is 2. The molecular formula is C17H16BrClO3. The normalized spacial score (nSPS) is 10.4. The predicted octanol–water partition coefficient (Wildman–Crippen LogP) is 5.01. The van der Waals surface area contributed by atoms with Crippen molar-refractivity contribution >= 4 is 33.5 Å². The quantitative estimate of drug-likeness (QED) is 0.550. The minimum atomic E-state index is -0.452. The van der Waals surface area contributed by atoms with Gasteiger partial charge in [0.25, 0.3) is 0 Å². The average molecular weight is 384 g/mol. The van der Waals surface area contributed by atoms with Crippen molar-refractivity contribution in [2.45, 2.75) is 20.8 Å². The van der Waals surface area contributed by atoms with Gasteiger partial charge in [0.05, 0.1) is 0 Å². The maximum absolute atomic E-state index is 11.8. The van der Waals surface area contributed by atoms with E-state index in [1.54, 1.807) is 24.3 Å². The van der Waals surface area contributed by atoms with Crippen molar-refractivity contribution in [1.82, 2.24) is 0 Å². The van der Waals surface area contributed by atoms with E-state index in [9.17, 15) is 4.79 Å². The van der Waals surface area contributed by atoms with Gasteiger partial charge in [0.2, 0.25) is 0 Å². The van der Waals surface area contributed by atoms with Crippen LogP contribution in [0.2, 0.25) is 5.02 Å². The molecule has 0 saturated carbocycles. The number of esters is 1. The second-order valence-corrected chi connectivity index (χ2v) is 6.28. The van der Waals surface area contributed by atoms with Crippen LogP contribution in [0.5, 0.6) is 11.5 Å². The highest BCUT2D eigenvalue weighted by atomic mass is 79.9. The van der Waals surface area contributed by atoms with Gasteiger partial charge in [-0.1, -0.05) is 27.5 Å². The lowest BCUT2D eigenvalue weighted by Gasteiger charge is -2.10. The Bertz CT molecular complexity index is 690. The van der Waals surface area contributed by atoms with Crippen LogP contribution in [0.25, 0.3) is 0 Å². The molecule has 0 heterocycles. The summed E-state index contributed by atoms with van der Waals surface area (Å²) in [7, 11) is 0. The first-order valence-electron chi connectivity index (χ1n) is 6.73. The van der Waals surface area contributed by atoms with Gasteiger partial charge < -0.3 is 9.47 Å². The van der Waals surface area contributed by atoms with Crippen LogP contribution >= 0.6 is 27.5 Å². The molecule has 22 heavy (non-hydrogen) atoms. The Kier molecular flexibility index (Phi) is 5.48. The molecule has 2 aromatic carbocycles. The predicted molar refractivity (Wildman–Crippen MR) is 90.9 cm³/mol. The highest BCUT2D eigenvalue weighted by Gasteiger charge is 2.09. The van der Waals surface area contributed by atoms with Crippen molar-refractivity contribution in [3.8, 4) is 11.5 Å². The smallest absolute Gasteiger partial charge is 0.349 e. The maximum atomic E-state index is 11.8. The number of halogens is 2. The molecule has 0 aliphatic rings. The Balaban J connectivity index is 1.96. The van der Waals surface area contributed by atoms with Crippen LogP contribution in [0.3, 0.4) is 0 Å². The first-order valence-corrected chi connectivity index (χ1v) is 7.90. The fraction of sp³-hybridized carbons (Fsp3) is 0.235. The molecule has 0 aliphatic heterocycles. The van der Waals surface area contributed by atoms with E-state index in [1.807, 2.05) is 26.8 Å². The molecule has 2 rings (SSSR count). The molecule has 2 aromatic rings. The fourth-order valence-electron chi connectivity index (χ4n) is 1.97. The summed E-state index contributed by atoms with van der Waals surface area (Å²) in [5.74, 6) is 0.646. The molecule has 0 N–H and O–H groups in total. The third-order valence-electron chi connectivity index (χ3n) is 3.13. The van der Waals surface area contributed by atoms with Crippen molar-refractivity contribution in [3.05, 3.63) is 56.5 Å². The summed E-state index contributed by atoms with van der Waals surface area (Å²) in [6.07, 6.45) is 0. The molecule has 0 amide bonds. The Morgan fingerprint density at radius 3 is 2.23 bits per heavy atom. The highest BCUT2D eigenvalue weighted by molar-refractivity contribution is 9.10. The lowest BCUT2D eigenvalue weighted by molar-refractivity contribution is -0.136. The van der Waals surface area contributed by atoms with Gasteiger partial charge in [-0.25, -0.2) is 4.79 Å². The van der Waals surface area contributed by atoms with Crippen molar-refractivity contribution < 1.29 is 14.3 Å². The molecule has 3 nitrogen and oxygen atoms in total. The minimum Gasteiger partial charge on any atom is -0.482 e. The van der Waals surface area contributed by atoms with Crippen LogP contribution in [-0.2, 0) is 4.79 Å². The molecule has 0 saturated heterocycles. The molecule has 0 fully saturated rings. The largest absolute Gasteiger partial charge is 0.482 e. The van der Waals surface area contributed by atoms with E-state index in [2.05, 4.69) is 15.9 Å². The Hall–Kier alpha value is -1.52. The lowest BCUT2D eigenvalue weighted by Crippen LogP contribution is -2.17. The van der Waals surface area contributed by atoms with Crippen molar-refractivity contribution in [2.24, 2.45) is 0 Å². The zero-order chi connectivity index (χ0) is 16.3. The van der Waals surface area contributed by atoms with Gasteiger partial charge in [0, 0.05) is 9.50 Å². The van der Waals surface area contributed by atoms with Crippen molar-refractivity contribution in [1.29, 1.82) is 0 Å². The second kappa shape index (κ2) is 7.16. The van der Waals surface area contributed by atoms with Gasteiger partial charge in [-0.15, -0.1) is 0 Å². The Morgan fingerprint density at radius 1 is 1.05 bits per heavy atom. The van der Waals surface area contributed by atoms with Gasteiger partial charge in [-0.2, -0.15) is 0 Å². The van der Waals surface area contributed by atoms with Gasteiger partial charge in [0.15, 0.2) is 6.61 Å². The molecule has 0 spiro atoms. The summed E-state index contributed by atoms with van der Waals surface area (Å²) in [5.41, 5.74) is 2.82. The molecule has 116 valence electrons. The zero-order valence-corrected chi connectivity index (χ0v) is 14.9. The van der Waals surface area contributed by atoms with Crippen LogP contribution in [0.4, 0.5) is 0 Å². The Morgan fingerprint density at radius 2 is 1.64 bits per heavy atom. The number of carbonyl (C=O) groups excluding carboxylic acids is 1. The summed E-state index contributed by atoms with van der Waals surface area (Å²) in [6, 6.07) is 8.95. The van der Waals surface area contributed by atoms with Crippen LogP contribution in [0.1, 0.15) is 16.7 Å². The maximum Gasteiger partial charge on any atom is 0.349 e.